The summed E-state index contributed by atoms with van der Waals surface area (Å²) in [5.41, 5.74) is 2.38. The Morgan fingerprint density at radius 2 is 0.762 bits per heavy atom. The predicted molar refractivity (Wildman–Crippen MR) is 232 cm³/mol. The summed E-state index contributed by atoms with van der Waals surface area (Å²) in [5, 5.41) is 3.32. The first-order valence-corrected chi connectivity index (χ1v) is 22.0. The lowest BCUT2D eigenvalue weighted by Gasteiger charge is -2.13. The molecule has 2 amide bonds. The van der Waals surface area contributed by atoms with Crippen molar-refractivity contribution in [3.05, 3.63) is 65.2 Å². The van der Waals surface area contributed by atoms with Crippen LogP contribution in [0.25, 0.3) is 0 Å². The number of amides is 2. The fourth-order valence-corrected chi connectivity index (χ4v) is 5.53. The number of hydrogen-bond donors (Lipinski definition) is 1. The van der Waals surface area contributed by atoms with E-state index in [1.54, 1.807) is 36.4 Å². The molecule has 0 spiro atoms. The molecule has 0 saturated carbocycles. The molecule has 3 rings (SSSR count). The van der Waals surface area contributed by atoms with Crippen molar-refractivity contribution in [2.75, 3.05) is 184 Å². The molecule has 18 heteroatoms. The Bertz CT molecular complexity index is 1420. The van der Waals surface area contributed by atoms with E-state index in [-0.39, 0.29) is 37.5 Å². The molecule has 0 aromatic heterocycles. The van der Waals surface area contributed by atoms with Gasteiger partial charge >= 0.3 is 5.97 Å². The summed E-state index contributed by atoms with van der Waals surface area (Å²) in [4.78, 5) is 38.0. The number of nitrogens with one attached hydrogen (secondary N) is 1. The monoisotopic (exact) mass is 894 g/mol. The van der Waals surface area contributed by atoms with Crippen LogP contribution < -0.4 is 5.32 Å². The molecule has 0 aliphatic carbocycles. The molecule has 1 aliphatic rings. The van der Waals surface area contributed by atoms with E-state index in [1.165, 1.54) is 4.90 Å². The van der Waals surface area contributed by atoms with Crippen LogP contribution in [0.2, 0.25) is 0 Å². The number of imide groups is 1. The average molecular weight is 895 g/mol. The van der Waals surface area contributed by atoms with E-state index in [4.69, 9.17) is 61.6 Å². The molecule has 0 radical (unpaired) electrons. The largest absolute Gasteiger partial charge is 0.460 e. The molecular formula is C45H70N2O16. The van der Waals surface area contributed by atoms with Crippen molar-refractivity contribution in [2.24, 2.45) is 0 Å². The Hall–Kier alpha value is -3.63. The molecule has 1 heterocycles. The first-order chi connectivity index (χ1) is 31.1. The highest BCUT2D eigenvalue weighted by Gasteiger charge is 2.34. The number of esters is 1. The van der Waals surface area contributed by atoms with E-state index in [2.05, 4.69) is 12.2 Å². The Morgan fingerprint density at radius 3 is 1.10 bits per heavy atom. The Morgan fingerprint density at radius 1 is 0.444 bits per heavy atom. The van der Waals surface area contributed by atoms with Crippen molar-refractivity contribution < 1.29 is 76.0 Å². The highest BCUT2D eigenvalue weighted by atomic mass is 16.6. The minimum atomic E-state index is -0.368. The van der Waals surface area contributed by atoms with E-state index in [9.17, 15) is 14.4 Å². The maximum absolute atomic E-state index is 12.3. The lowest BCUT2D eigenvalue weighted by atomic mass is 10.1. The zero-order valence-electron chi connectivity index (χ0n) is 37.1. The minimum absolute atomic E-state index is 0.181. The van der Waals surface area contributed by atoms with Crippen molar-refractivity contribution in [1.29, 1.82) is 0 Å². The Labute approximate surface area is 372 Å². The van der Waals surface area contributed by atoms with Crippen LogP contribution in [0.15, 0.2) is 48.5 Å². The van der Waals surface area contributed by atoms with Gasteiger partial charge in [0.05, 0.1) is 182 Å². The minimum Gasteiger partial charge on any atom is -0.460 e. The van der Waals surface area contributed by atoms with Crippen molar-refractivity contribution in [2.45, 2.75) is 19.8 Å². The molecule has 0 bridgehead atoms. The number of rotatable bonds is 44. The average Bonchev–Trinajstić information content (AvgIpc) is 3.54. The van der Waals surface area contributed by atoms with E-state index in [0.717, 1.165) is 25.1 Å². The second-order valence-electron chi connectivity index (χ2n) is 13.6. The van der Waals surface area contributed by atoms with Crippen LogP contribution in [-0.2, 0) is 61.6 Å². The van der Waals surface area contributed by atoms with E-state index >= 15 is 0 Å². The highest BCUT2D eigenvalue weighted by molar-refractivity contribution is 6.21. The summed E-state index contributed by atoms with van der Waals surface area (Å²) >= 11 is 0. The van der Waals surface area contributed by atoms with Crippen molar-refractivity contribution in [1.82, 2.24) is 4.90 Å². The zero-order chi connectivity index (χ0) is 44.7. The molecule has 2 aromatic rings. The lowest BCUT2D eigenvalue weighted by molar-refractivity contribution is -0.0288. The van der Waals surface area contributed by atoms with Crippen molar-refractivity contribution in [3.8, 4) is 0 Å². The lowest BCUT2D eigenvalue weighted by Crippen LogP contribution is -2.33. The third kappa shape index (κ3) is 26.1. The summed E-state index contributed by atoms with van der Waals surface area (Å²) in [6.45, 7) is 13.9. The number of fused-ring (bicyclic) bond motifs is 1. The zero-order valence-corrected chi connectivity index (χ0v) is 37.1. The fourth-order valence-electron chi connectivity index (χ4n) is 5.53. The molecule has 356 valence electrons. The van der Waals surface area contributed by atoms with Gasteiger partial charge < -0.3 is 66.9 Å². The first-order valence-electron chi connectivity index (χ1n) is 22.0. The second-order valence-corrected chi connectivity index (χ2v) is 13.6. The summed E-state index contributed by atoms with van der Waals surface area (Å²) in [6, 6.07) is 14.1. The van der Waals surface area contributed by atoms with Gasteiger partial charge in [-0.15, -0.1) is 0 Å². The maximum atomic E-state index is 12.3. The quantitative estimate of drug-likeness (QED) is 0.0578. The molecule has 0 fully saturated rings. The Kier molecular flexibility index (Phi) is 32.2. The number of benzene rings is 2. The van der Waals surface area contributed by atoms with Gasteiger partial charge in [-0.3, -0.25) is 14.5 Å². The standard InChI is InChI=1S/C45H70N2O16/c1-2-3-12-46-40-10-8-39(9-11-40)45(50)63-38-37-62-36-35-61-34-33-60-32-31-59-30-29-58-28-27-57-26-25-56-24-23-55-22-21-54-20-19-53-18-17-52-16-15-51-14-13-47-43(48)41-6-4-5-7-42(41)44(47)49/h4-11,46H,2-3,12-38H2,1H3. The van der Waals surface area contributed by atoms with Gasteiger partial charge in [0.1, 0.15) is 6.61 Å². The third-order valence-electron chi connectivity index (χ3n) is 8.87. The van der Waals surface area contributed by atoms with Crippen LogP contribution in [0.5, 0.6) is 0 Å². The van der Waals surface area contributed by atoms with Gasteiger partial charge in [-0.25, -0.2) is 4.79 Å². The van der Waals surface area contributed by atoms with Gasteiger partial charge in [-0.05, 0) is 42.8 Å². The second kappa shape index (κ2) is 37.7. The number of hydrogen-bond acceptors (Lipinski definition) is 17. The van der Waals surface area contributed by atoms with Crippen LogP contribution in [-0.4, -0.2) is 201 Å². The number of unbranched alkanes of at least 4 members (excludes halogenated alkanes) is 1. The number of anilines is 1. The van der Waals surface area contributed by atoms with Gasteiger partial charge in [0.15, 0.2) is 0 Å². The smallest absolute Gasteiger partial charge is 0.338 e. The van der Waals surface area contributed by atoms with Crippen LogP contribution >= 0.6 is 0 Å². The van der Waals surface area contributed by atoms with Crippen LogP contribution in [0.3, 0.4) is 0 Å². The Balaban J connectivity index is 0.905. The van der Waals surface area contributed by atoms with E-state index < -0.39 is 0 Å². The van der Waals surface area contributed by atoms with Gasteiger partial charge in [0.2, 0.25) is 0 Å². The maximum Gasteiger partial charge on any atom is 0.338 e. The third-order valence-corrected chi connectivity index (χ3v) is 8.87. The molecule has 18 nitrogen and oxygen atoms in total. The van der Waals surface area contributed by atoms with Gasteiger partial charge in [-0.1, -0.05) is 25.5 Å². The summed E-state index contributed by atoms with van der Waals surface area (Å²) < 4.78 is 71.2. The first kappa shape index (κ1) is 53.7. The van der Waals surface area contributed by atoms with Gasteiger partial charge in [-0.2, -0.15) is 0 Å². The summed E-state index contributed by atoms with van der Waals surface area (Å²) in [6.07, 6.45) is 2.23. The number of carbonyl (C=O) groups is 3. The molecule has 63 heavy (non-hydrogen) atoms. The molecule has 1 aliphatic heterocycles. The highest BCUT2D eigenvalue weighted by Crippen LogP contribution is 2.22. The predicted octanol–water partition coefficient (Wildman–Crippen LogP) is 3.55. The number of carbonyl (C=O) groups excluding carboxylic acids is 3. The van der Waals surface area contributed by atoms with Gasteiger partial charge in [0.25, 0.3) is 11.8 Å². The van der Waals surface area contributed by atoms with E-state index in [0.29, 0.717) is 169 Å². The number of nitrogens with zero attached hydrogens (tertiary/aromatic N) is 1. The van der Waals surface area contributed by atoms with Crippen LogP contribution in [0, 0.1) is 0 Å². The van der Waals surface area contributed by atoms with Gasteiger partial charge in [0, 0.05) is 12.2 Å². The van der Waals surface area contributed by atoms with Crippen molar-refractivity contribution >= 4 is 23.5 Å². The molecule has 0 saturated heterocycles. The van der Waals surface area contributed by atoms with E-state index in [1.807, 2.05) is 12.1 Å². The molecule has 0 unspecified atom stereocenters. The fraction of sp³-hybridized carbons (Fsp3) is 0.667. The summed E-state index contributed by atoms with van der Waals surface area (Å²) in [7, 11) is 0. The molecule has 2 aromatic carbocycles. The molecule has 1 N–H and O–H groups in total. The van der Waals surface area contributed by atoms with Crippen molar-refractivity contribution in [3.63, 3.8) is 0 Å². The normalized spacial score (nSPS) is 12.4. The molecule has 0 atom stereocenters. The number of ether oxygens (including phenoxy) is 13. The summed E-state index contributed by atoms with van der Waals surface area (Å²) in [5.74, 6) is -0.933. The molecular weight excluding hydrogens is 824 g/mol. The van der Waals surface area contributed by atoms with Crippen LogP contribution in [0.4, 0.5) is 5.69 Å². The SMILES string of the molecule is CCCCNc1ccc(C(=O)OCCOCCOCCOCCOCCOCCOCCOCCOCCOCCOCCOCCOCCN2C(=O)c3ccccc3C2=O)cc1. The van der Waals surface area contributed by atoms with Crippen LogP contribution in [0.1, 0.15) is 50.8 Å². The topological polar surface area (TPSA) is 186 Å².